The standard InChI is InChI=1S/C6H17O3P/c1-3-5-6-10(7,8,9)4-2/h7-9H,3-6H2,1-2H3. The molecule has 0 amide bonds. The molecule has 64 valence electrons. The van der Waals surface area contributed by atoms with Crippen molar-refractivity contribution in [2.24, 2.45) is 0 Å². The molecule has 0 aromatic rings. The van der Waals surface area contributed by atoms with Gasteiger partial charge in [-0.25, -0.2) is 0 Å². The van der Waals surface area contributed by atoms with E-state index in [0.29, 0.717) is 6.42 Å². The van der Waals surface area contributed by atoms with E-state index in [2.05, 4.69) is 0 Å². The molecule has 0 unspecified atom stereocenters. The summed E-state index contributed by atoms with van der Waals surface area (Å²) < 4.78 is 0. The molecule has 0 atom stereocenters. The third-order valence-corrected chi connectivity index (χ3v) is 4.15. The number of hydrogen-bond donors (Lipinski definition) is 3. The number of hydrogen-bond acceptors (Lipinski definition) is 3. The zero-order valence-corrected chi connectivity index (χ0v) is 7.51. The second kappa shape index (κ2) is 3.14. The first-order chi connectivity index (χ1) is 4.39. The van der Waals surface area contributed by atoms with Crippen LogP contribution >= 0.6 is 7.28 Å². The van der Waals surface area contributed by atoms with Crippen LogP contribution in [0.5, 0.6) is 0 Å². The molecule has 0 spiro atoms. The first-order valence-electron chi connectivity index (χ1n) is 3.65. The Kier molecular flexibility index (Phi) is 3.24. The van der Waals surface area contributed by atoms with Gasteiger partial charge in [-0.1, -0.05) is 0 Å². The van der Waals surface area contributed by atoms with Crippen molar-refractivity contribution in [3.8, 4) is 0 Å². The summed E-state index contributed by atoms with van der Waals surface area (Å²) in [4.78, 5) is 27.5. The monoisotopic (exact) mass is 168 g/mol. The molecular weight excluding hydrogens is 151 g/mol. The van der Waals surface area contributed by atoms with Crippen molar-refractivity contribution in [1.82, 2.24) is 0 Å². The number of unbranched alkanes of at least 4 members (excludes halogenated alkanes) is 1. The van der Waals surface area contributed by atoms with Crippen LogP contribution in [0.1, 0.15) is 26.7 Å². The molecule has 0 saturated carbocycles. The quantitative estimate of drug-likeness (QED) is 0.550. The summed E-state index contributed by atoms with van der Waals surface area (Å²) >= 11 is 0. The minimum atomic E-state index is -4.15. The molecule has 0 fully saturated rings. The Morgan fingerprint density at radius 1 is 1.10 bits per heavy atom. The van der Waals surface area contributed by atoms with Crippen LogP contribution in [0.2, 0.25) is 0 Å². The predicted molar refractivity (Wildman–Crippen MR) is 43.9 cm³/mol. The molecule has 0 saturated heterocycles. The molecule has 0 rings (SSSR count). The second-order valence-corrected chi connectivity index (χ2v) is 6.49. The van der Waals surface area contributed by atoms with Crippen LogP contribution in [0.25, 0.3) is 0 Å². The summed E-state index contributed by atoms with van der Waals surface area (Å²) in [6, 6.07) is 0. The SMILES string of the molecule is CCCCP(O)(O)(O)CC. The average molecular weight is 168 g/mol. The predicted octanol–water partition coefficient (Wildman–Crippen LogP) is 1.08. The van der Waals surface area contributed by atoms with Gasteiger partial charge in [-0.15, -0.1) is 0 Å². The first kappa shape index (κ1) is 10.3. The van der Waals surface area contributed by atoms with Gasteiger partial charge in [0.25, 0.3) is 0 Å². The average Bonchev–Trinajstić information content (AvgIpc) is 1.84. The topological polar surface area (TPSA) is 60.7 Å². The number of rotatable bonds is 4. The van der Waals surface area contributed by atoms with Gasteiger partial charge in [-0.05, 0) is 0 Å². The molecule has 0 aliphatic heterocycles. The molecular formula is C6H17O3P. The maximum absolute atomic E-state index is 9.16. The van der Waals surface area contributed by atoms with Crippen LogP contribution in [0.4, 0.5) is 0 Å². The second-order valence-electron chi connectivity index (χ2n) is 2.73. The van der Waals surface area contributed by atoms with Gasteiger partial charge in [-0.2, -0.15) is 0 Å². The summed E-state index contributed by atoms with van der Waals surface area (Å²) in [7, 11) is -4.15. The van der Waals surface area contributed by atoms with Crippen LogP contribution in [-0.2, 0) is 0 Å². The molecule has 0 aliphatic carbocycles. The normalized spacial score (nSPS) is 16.3. The summed E-state index contributed by atoms with van der Waals surface area (Å²) in [6.07, 6.45) is 1.78. The van der Waals surface area contributed by atoms with Crippen molar-refractivity contribution in [2.75, 3.05) is 12.3 Å². The molecule has 0 aliphatic rings. The Balaban J connectivity index is 3.84. The van der Waals surface area contributed by atoms with E-state index in [1.807, 2.05) is 6.92 Å². The Labute approximate surface area is 61.9 Å². The Hall–Kier alpha value is 0.310. The molecule has 0 aromatic heterocycles. The van der Waals surface area contributed by atoms with Crippen molar-refractivity contribution < 1.29 is 14.7 Å². The molecule has 0 bridgehead atoms. The van der Waals surface area contributed by atoms with Crippen LogP contribution in [0, 0.1) is 0 Å². The zero-order chi connectivity index (χ0) is 8.28. The first-order valence-corrected chi connectivity index (χ1v) is 6.11. The van der Waals surface area contributed by atoms with Gasteiger partial charge in [0.2, 0.25) is 0 Å². The van der Waals surface area contributed by atoms with E-state index in [9.17, 15) is 0 Å². The molecule has 3 N–H and O–H groups in total. The van der Waals surface area contributed by atoms with E-state index in [4.69, 9.17) is 14.7 Å². The third kappa shape index (κ3) is 4.18. The Morgan fingerprint density at radius 3 is 1.90 bits per heavy atom. The summed E-state index contributed by atoms with van der Waals surface area (Å²) in [5, 5.41) is 0. The van der Waals surface area contributed by atoms with Crippen LogP contribution < -0.4 is 0 Å². The van der Waals surface area contributed by atoms with E-state index in [0.717, 1.165) is 6.42 Å². The molecule has 0 heterocycles. The van der Waals surface area contributed by atoms with Gasteiger partial charge >= 0.3 is 61.0 Å². The minimum absolute atomic E-state index is 0.0750. The van der Waals surface area contributed by atoms with Crippen LogP contribution in [0.3, 0.4) is 0 Å². The van der Waals surface area contributed by atoms with Gasteiger partial charge in [0, 0.05) is 0 Å². The zero-order valence-electron chi connectivity index (χ0n) is 6.62. The van der Waals surface area contributed by atoms with Gasteiger partial charge in [-0.3, -0.25) is 0 Å². The van der Waals surface area contributed by atoms with Crippen molar-refractivity contribution in [2.45, 2.75) is 26.7 Å². The molecule has 0 aromatic carbocycles. The van der Waals surface area contributed by atoms with Gasteiger partial charge in [0.1, 0.15) is 0 Å². The Bertz CT molecular complexity index is 105. The van der Waals surface area contributed by atoms with Gasteiger partial charge < -0.3 is 0 Å². The van der Waals surface area contributed by atoms with Crippen molar-refractivity contribution in [3.63, 3.8) is 0 Å². The fourth-order valence-electron chi connectivity index (χ4n) is 0.640. The Morgan fingerprint density at radius 2 is 1.60 bits per heavy atom. The van der Waals surface area contributed by atoms with Crippen LogP contribution in [0.15, 0.2) is 0 Å². The van der Waals surface area contributed by atoms with E-state index < -0.39 is 7.28 Å². The van der Waals surface area contributed by atoms with E-state index >= 15 is 0 Å². The fraction of sp³-hybridized carbons (Fsp3) is 1.00. The van der Waals surface area contributed by atoms with Gasteiger partial charge in [0.15, 0.2) is 0 Å². The molecule has 4 heteroatoms. The van der Waals surface area contributed by atoms with Crippen molar-refractivity contribution >= 4 is 7.28 Å². The van der Waals surface area contributed by atoms with Gasteiger partial charge in [0.05, 0.1) is 0 Å². The van der Waals surface area contributed by atoms with Crippen molar-refractivity contribution in [3.05, 3.63) is 0 Å². The molecule has 10 heavy (non-hydrogen) atoms. The van der Waals surface area contributed by atoms with E-state index in [-0.39, 0.29) is 12.3 Å². The molecule has 0 radical (unpaired) electrons. The van der Waals surface area contributed by atoms with E-state index in [1.165, 1.54) is 0 Å². The maximum atomic E-state index is 9.16. The third-order valence-electron chi connectivity index (χ3n) is 1.62. The summed E-state index contributed by atoms with van der Waals surface area (Å²) in [5.74, 6) is 0. The van der Waals surface area contributed by atoms with Crippen LogP contribution in [-0.4, -0.2) is 27.0 Å². The van der Waals surface area contributed by atoms with E-state index in [1.54, 1.807) is 6.92 Å². The van der Waals surface area contributed by atoms with Crippen molar-refractivity contribution in [1.29, 1.82) is 0 Å². The summed E-state index contributed by atoms with van der Waals surface area (Å²) in [6.45, 7) is 3.54. The fourth-order valence-corrected chi connectivity index (χ4v) is 1.92. The summed E-state index contributed by atoms with van der Waals surface area (Å²) in [5.41, 5.74) is 0. The molecule has 3 nitrogen and oxygen atoms in total.